The SMILES string of the molecule is C[C@H]1C[C@@H]1C(=O)Nc1ccc(CCC(=O)O)cc1. The molecule has 0 unspecified atom stereocenters. The Balaban J connectivity index is 1.87. The highest BCUT2D eigenvalue weighted by Gasteiger charge is 2.38. The monoisotopic (exact) mass is 247 g/mol. The van der Waals surface area contributed by atoms with Gasteiger partial charge in [0.2, 0.25) is 5.91 Å². The maximum atomic E-state index is 11.7. The highest BCUT2D eigenvalue weighted by atomic mass is 16.4. The molecule has 1 aromatic rings. The Kier molecular flexibility index (Phi) is 3.65. The molecule has 0 heterocycles. The molecule has 0 radical (unpaired) electrons. The third kappa shape index (κ3) is 3.32. The molecule has 2 atom stereocenters. The van der Waals surface area contributed by atoms with E-state index in [0.29, 0.717) is 12.3 Å². The van der Waals surface area contributed by atoms with Crippen molar-refractivity contribution in [1.82, 2.24) is 0 Å². The number of anilines is 1. The van der Waals surface area contributed by atoms with Crippen LogP contribution in [-0.2, 0) is 16.0 Å². The van der Waals surface area contributed by atoms with Crippen LogP contribution in [0.15, 0.2) is 24.3 Å². The van der Waals surface area contributed by atoms with Gasteiger partial charge in [-0.2, -0.15) is 0 Å². The van der Waals surface area contributed by atoms with Crippen molar-refractivity contribution in [2.24, 2.45) is 11.8 Å². The Morgan fingerprint density at radius 3 is 2.44 bits per heavy atom. The first-order valence-electron chi connectivity index (χ1n) is 6.18. The molecule has 2 rings (SSSR count). The average molecular weight is 247 g/mol. The summed E-state index contributed by atoms with van der Waals surface area (Å²) in [5, 5.41) is 11.5. The van der Waals surface area contributed by atoms with Gasteiger partial charge in [0, 0.05) is 18.0 Å². The summed E-state index contributed by atoms with van der Waals surface area (Å²) in [4.78, 5) is 22.1. The molecule has 18 heavy (non-hydrogen) atoms. The van der Waals surface area contributed by atoms with Crippen molar-refractivity contribution in [3.63, 3.8) is 0 Å². The van der Waals surface area contributed by atoms with Crippen molar-refractivity contribution in [3.05, 3.63) is 29.8 Å². The Hall–Kier alpha value is -1.84. The fraction of sp³-hybridized carbons (Fsp3) is 0.429. The van der Waals surface area contributed by atoms with E-state index in [2.05, 4.69) is 12.2 Å². The van der Waals surface area contributed by atoms with Crippen LogP contribution in [0.25, 0.3) is 0 Å². The Labute approximate surface area is 106 Å². The minimum Gasteiger partial charge on any atom is -0.481 e. The van der Waals surface area contributed by atoms with Gasteiger partial charge >= 0.3 is 5.97 Å². The number of benzene rings is 1. The minimum atomic E-state index is -0.796. The van der Waals surface area contributed by atoms with Crippen LogP contribution < -0.4 is 5.32 Å². The third-order valence-electron chi connectivity index (χ3n) is 3.30. The second-order valence-electron chi connectivity index (χ2n) is 4.90. The Morgan fingerprint density at radius 2 is 1.94 bits per heavy atom. The van der Waals surface area contributed by atoms with Gasteiger partial charge in [0.05, 0.1) is 0 Å². The van der Waals surface area contributed by atoms with E-state index in [-0.39, 0.29) is 18.2 Å². The van der Waals surface area contributed by atoms with Gasteiger partial charge in [-0.05, 0) is 36.5 Å². The molecule has 96 valence electrons. The van der Waals surface area contributed by atoms with Crippen LogP contribution >= 0.6 is 0 Å². The van der Waals surface area contributed by atoms with Crippen molar-refractivity contribution in [3.8, 4) is 0 Å². The number of aliphatic carboxylic acids is 1. The number of carbonyl (C=O) groups excluding carboxylic acids is 1. The molecule has 0 spiro atoms. The summed E-state index contributed by atoms with van der Waals surface area (Å²) in [6, 6.07) is 7.36. The number of hydrogen-bond donors (Lipinski definition) is 2. The van der Waals surface area contributed by atoms with Gasteiger partial charge in [-0.15, -0.1) is 0 Å². The molecular weight excluding hydrogens is 230 g/mol. The lowest BCUT2D eigenvalue weighted by Crippen LogP contribution is -2.14. The van der Waals surface area contributed by atoms with Crippen LogP contribution in [0.5, 0.6) is 0 Å². The van der Waals surface area contributed by atoms with E-state index in [1.165, 1.54) is 0 Å². The average Bonchev–Trinajstić information content (AvgIpc) is 3.05. The second kappa shape index (κ2) is 5.21. The van der Waals surface area contributed by atoms with Crippen molar-refractivity contribution in [1.29, 1.82) is 0 Å². The number of rotatable bonds is 5. The lowest BCUT2D eigenvalue weighted by atomic mass is 10.1. The zero-order valence-electron chi connectivity index (χ0n) is 10.3. The van der Waals surface area contributed by atoms with Gasteiger partial charge in [0.1, 0.15) is 0 Å². The summed E-state index contributed by atoms with van der Waals surface area (Å²) in [5.74, 6) is -0.0487. The van der Waals surface area contributed by atoms with Crippen LogP contribution in [-0.4, -0.2) is 17.0 Å². The standard InChI is InChI=1S/C14H17NO3/c1-9-8-12(9)14(18)15-11-5-2-10(3-6-11)4-7-13(16)17/h2-3,5-6,9,12H,4,7-8H2,1H3,(H,15,18)(H,16,17)/t9-,12-/m0/s1. The Morgan fingerprint density at radius 1 is 1.33 bits per heavy atom. The molecule has 0 aliphatic heterocycles. The molecule has 0 saturated heterocycles. The van der Waals surface area contributed by atoms with E-state index in [0.717, 1.165) is 17.7 Å². The lowest BCUT2D eigenvalue weighted by Gasteiger charge is -2.05. The van der Waals surface area contributed by atoms with Crippen molar-refractivity contribution in [2.45, 2.75) is 26.2 Å². The van der Waals surface area contributed by atoms with Crippen LogP contribution in [0.2, 0.25) is 0 Å². The van der Waals surface area contributed by atoms with E-state index >= 15 is 0 Å². The van der Waals surface area contributed by atoms with E-state index in [1.807, 2.05) is 24.3 Å². The van der Waals surface area contributed by atoms with E-state index < -0.39 is 5.97 Å². The summed E-state index contributed by atoms with van der Waals surface area (Å²) >= 11 is 0. The first-order valence-corrected chi connectivity index (χ1v) is 6.18. The molecule has 1 aromatic carbocycles. The van der Waals surface area contributed by atoms with Gasteiger partial charge in [0.25, 0.3) is 0 Å². The van der Waals surface area contributed by atoms with Crippen LogP contribution in [0, 0.1) is 11.8 Å². The Bertz CT molecular complexity index is 453. The van der Waals surface area contributed by atoms with E-state index in [9.17, 15) is 9.59 Å². The molecule has 0 aromatic heterocycles. The van der Waals surface area contributed by atoms with Crippen molar-refractivity contribution < 1.29 is 14.7 Å². The summed E-state index contributed by atoms with van der Waals surface area (Å²) in [7, 11) is 0. The number of carboxylic acids is 1. The molecule has 0 bridgehead atoms. The largest absolute Gasteiger partial charge is 0.481 e. The fourth-order valence-corrected chi connectivity index (χ4v) is 1.93. The molecule has 1 amide bonds. The quantitative estimate of drug-likeness (QED) is 0.839. The smallest absolute Gasteiger partial charge is 0.303 e. The molecule has 4 nitrogen and oxygen atoms in total. The van der Waals surface area contributed by atoms with Crippen LogP contribution in [0.4, 0.5) is 5.69 Å². The van der Waals surface area contributed by atoms with Crippen LogP contribution in [0.1, 0.15) is 25.3 Å². The molecule has 1 aliphatic carbocycles. The minimum absolute atomic E-state index is 0.0841. The van der Waals surface area contributed by atoms with E-state index in [4.69, 9.17) is 5.11 Å². The molecular formula is C14H17NO3. The number of carbonyl (C=O) groups is 2. The summed E-state index contributed by atoms with van der Waals surface area (Å²) in [6.07, 6.45) is 1.62. The maximum Gasteiger partial charge on any atom is 0.303 e. The number of hydrogen-bond acceptors (Lipinski definition) is 2. The predicted molar refractivity (Wildman–Crippen MR) is 68.3 cm³/mol. The number of nitrogens with one attached hydrogen (secondary N) is 1. The molecule has 1 aliphatic rings. The number of aryl methyl sites for hydroxylation is 1. The first kappa shape index (κ1) is 12.6. The van der Waals surface area contributed by atoms with Gasteiger partial charge in [0.15, 0.2) is 0 Å². The van der Waals surface area contributed by atoms with E-state index in [1.54, 1.807) is 0 Å². The zero-order valence-corrected chi connectivity index (χ0v) is 10.3. The van der Waals surface area contributed by atoms with Crippen LogP contribution in [0.3, 0.4) is 0 Å². The van der Waals surface area contributed by atoms with Gasteiger partial charge in [-0.1, -0.05) is 19.1 Å². The summed E-state index contributed by atoms with van der Waals surface area (Å²) in [5.41, 5.74) is 1.74. The third-order valence-corrected chi connectivity index (χ3v) is 3.30. The number of amides is 1. The lowest BCUT2D eigenvalue weighted by molar-refractivity contribution is -0.137. The predicted octanol–water partition coefficient (Wildman–Crippen LogP) is 2.30. The van der Waals surface area contributed by atoms with Crippen molar-refractivity contribution >= 4 is 17.6 Å². The summed E-state index contributed by atoms with van der Waals surface area (Å²) in [6.45, 7) is 2.07. The van der Waals surface area contributed by atoms with Gasteiger partial charge in [-0.25, -0.2) is 0 Å². The maximum absolute atomic E-state index is 11.7. The topological polar surface area (TPSA) is 66.4 Å². The summed E-state index contributed by atoms with van der Waals surface area (Å²) < 4.78 is 0. The molecule has 1 saturated carbocycles. The fourth-order valence-electron chi connectivity index (χ4n) is 1.93. The molecule has 4 heteroatoms. The highest BCUT2D eigenvalue weighted by Crippen LogP contribution is 2.38. The zero-order chi connectivity index (χ0) is 13.1. The van der Waals surface area contributed by atoms with Gasteiger partial charge in [-0.3, -0.25) is 9.59 Å². The normalized spacial score (nSPS) is 21.4. The second-order valence-corrected chi connectivity index (χ2v) is 4.90. The first-order chi connectivity index (χ1) is 8.56. The molecule has 2 N–H and O–H groups in total. The highest BCUT2D eigenvalue weighted by molar-refractivity contribution is 5.94. The van der Waals surface area contributed by atoms with Gasteiger partial charge < -0.3 is 10.4 Å². The number of carboxylic acid groups (broad SMARTS) is 1. The molecule has 1 fully saturated rings. The van der Waals surface area contributed by atoms with Crippen molar-refractivity contribution in [2.75, 3.05) is 5.32 Å².